The highest BCUT2D eigenvalue weighted by molar-refractivity contribution is 6.46. The average molecular weight is 469 g/mol. The zero-order valence-corrected chi connectivity index (χ0v) is 19.7. The minimum Gasteiger partial charge on any atom is -0.507 e. The van der Waals surface area contributed by atoms with E-state index >= 15 is 0 Å². The maximum Gasteiger partial charge on any atom is 0.295 e. The highest BCUT2D eigenvalue weighted by Crippen LogP contribution is 2.42. The second kappa shape index (κ2) is 9.64. The molecule has 0 spiro atoms. The Balaban J connectivity index is 1.85. The topological polar surface area (TPSA) is 97.8 Å². The standard InChI is InChI=1S/C25H28N2O7/c1-26(2)9-10-27-22(15-5-7-17(31-3)19(13-15)32-4)21(24(29)25(27)30)23(28)16-6-8-18-20(14-16)34-12-11-33-18/h5-8,13-14,22,28H,9-12H2,1-4H3/b23-21+/t22-/m1/s1. The Morgan fingerprint density at radius 3 is 2.41 bits per heavy atom. The zero-order valence-electron chi connectivity index (χ0n) is 19.7. The molecule has 9 nitrogen and oxygen atoms in total. The molecule has 0 aromatic heterocycles. The quantitative estimate of drug-likeness (QED) is 0.376. The molecule has 4 rings (SSSR count). The van der Waals surface area contributed by atoms with Gasteiger partial charge >= 0.3 is 0 Å². The van der Waals surface area contributed by atoms with Gasteiger partial charge in [0.2, 0.25) is 0 Å². The van der Waals surface area contributed by atoms with Gasteiger partial charge in [0.05, 0.1) is 25.8 Å². The molecule has 1 amide bonds. The fourth-order valence-electron chi connectivity index (χ4n) is 4.13. The number of aliphatic hydroxyl groups excluding tert-OH is 1. The maximum absolute atomic E-state index is 13.2. The Morgan fingerprint density at radius 1 is 1.03 bits per heavy atom. The predicted molar refractivity (Wildman–Crippen MR) is 125 cm³/mol. The lowest BCUT2D eigenvalue weighted by Crippen LogP contribution is -2.35. The van der Waals surface area contributed by atoms with Gasteiger partial charge in [0.1, 0.15) is 19.0 Å². The molecule has 1 saturated heterocycles. The molecule has 2 aromatic carbocycles. The van der Waals surface area contributed by atoms with Gasteiger partial charge in [0.25, 0.3) is 11.7 Å². The zero-order chi connectivity index (χ0) is 24.4. The molecule has 0 unspecified atom stereocenters. The lowest BCUT2D eigenvalue weighted by Gasteiger charge is -2.27. The molecule has 0 aliphatic carbocycles. The minimum absolute atomic E-state index is 0.00709. The summed E-state index contributed by atoms with van der Waals surface area (Å²) in [6.45, 7) is 1.67. The largest absolute Gasteiger partial charge is 0.507 e. The molecule has 2 aliphatic heterocycles. The number of rotatable bonds is 7. The second-order valence-electron chi connectivity index (χ2n) is 8.27. The van der Waals surface area contributed by atoms with E-state index in [1.807, 2.05) is 19.0 Å². The summed E-state index contributed by atoms with van der Waals surface area (Å²) in [4.78, 5) is 29.7. The van der Waals surface area contributed by atoms with Crippen LogP contribution in [0.25, 0.3) is 5.76 Å². The van der Waals surface area contributed by atoms with E-state index in [-0.39, 0.29) is 11.3 Å². The van der Waals surface area contributed by atoms with Crippen molar-refractivity contribution in [1.29, 1.82) is 0 Å². The van der Waals surface area contributed by atoms with Crippen molar-refractivity contribution in [1.82, 2.24) is 9.80 Å². The average Bonchev–Trinajstić information content (AvgIpc) is 3.11. The minimum atomic E-state index is -0.798. The van der Waals surface area contributed by atoms with Gasteiger partial charge in [-0.2, -0.15) is 0 Å². The molecule has 2 aromatic rings. The summed E-state index contributed by atoms with van der Waals surface area (Å²) in [5, 5.41) is 11.3. The molecular formula is C25H28N2O7. The smallest absolute Gasteiger partial charge is 0.295 e. The number of nitrogens with zero attached hydrogens (tertiary/aromatic N) is 2. The molecule has 34 heavy (non-hydrogen) atoms. The number of carbonyl (C=O) groups is 2. The molecule has 0 radical (unpaired) electrons. The number of Topliss-reactive ketones (excluding diaryl/α,β-unsaturated/α-hetero) is 1. The van der Waals surface area contributed by atoms with Gasteiger partial charge in [-0.15, -0.1) is 0 Å². The number of fused-ring (bicyclic) bond motifs is 1. The first-order chi connectivity index (χ1) is 16.3. The van der Waals surface area contributed by atoms with Crippen molar-refractivity contribution in [3.8, 4) is 23.0 Å². The van der Waals surface area contributed by atoms with Crippen LogP contribution in [0.1, 0.15) is 17.2 Å². The second-order valence-corrected chi connectivity index (χ2v) is 8.27. The lowest BCUT2D eigenvalue weighted by atomic mass is 9.94. The highest BCUT2D eigenvalue weighted by atomic mass is 16.6. The van der Waals surface area contributed by atoms with E-state index in [1.54, 1.807) is 36.4 Å². The van der Waals surface area contributed by atoms with Crippen LogP contribution in [-0.4, -0.2) is 81.2 Å². The van der Waals surface area contributed by atoms with Crippen LogP contribution in [0.4, 0.5) is 0 Å². The van der Waals surface area contributed by atoms with Gasteiger partial charge in [-0.1, -0.05) is 6.07 Å². The first-order valence-corrected chi connectivity index (χ1v) is 10.9. The van der Waals surface area contributed by atoms with E-state index in [9.17, 15) is 14.7 Å². The van der Waals surface area contributed by atoms with Crippen molar-refractivity contribution in [3.05, 3.63) is 53.1 Å². The molecule has 0 saturated carbocycles. The van der Waals surface area contributed by atoms with Crippen LogP contribution in [0.15, 0.2) is 42.0 Å². The van der Waals surface area contributed by atoms with Crippen LogP contribution in [0, 0.1) is 0 Å². The lowest BCUT2D eigenvalue weighted by molar-refractivity contribution is -0.140. The van der Waals surface area contributed by atoms with Gasteiger partial charge in [-0.05, 0) is 50.0 Å². The van der Waals surface area contributed by atoms with Gasteiger partial charge in [0.15, 0.2) is 23.0 Å². The highest BCUT2D eigenvalue weighted by Gasteiger charge is 2.46. The number of aliphatic hydroxyl groups is 1. The number of likely N-dealkylation sites (N-methyl/N-ethyl adjacent to an activating group) is 1. The molecule has 1 fully saturated rings. The number of hydrogen-bond donors (Lipinski definition) is 1. The number of likely N-dealkylation sites (tertiary alicyclic amines) is 1. The summed E-state index contributed by atoms with van der Waals surface area (Å²) in [7, 11) is 6.82. The Hall–Kier alpha value is -3.72. The third-order valence-corrected chi connectivity index (χ3v) is 5.87. The Kier molecular flexibility index (Phi) is 6.65. The fourth-order valence-corrected chi connectivity index (χ4v) is 4.13. The number of amides is 1. The number of benzene rings is 2. The van der Waals surface area contributed by atoms with Crippen molar-refractivity contribution in [2.45, 2.75) is 6.04 Å². The van der Waals surface area contributed by atoms with Gasteiger partial charge in [-0.25, -0.2) is 0 Å². The molecule has 2 aliphatic rings. The number of ether oxygens (including phenoxy) is 4. The summed E-state index contributed by atoms with van der Waals surface area (Å²) in [5.74, 6) is 0.320. The molecular weight excluding hydrogens is 440 g/mol. The maximum atomic E-state index is 13.2. The SMILES string of the molecule is COc1ccc([C@@H]2/C(=C(\O)c3ccc4c(c3)OCCO4)C(=O)C(=O)N2CCN(C)C)cc1OC. The van der Waals surface area contributed by atoms with Crippen molar-refractivity contribution in [2.24, 2.45) is 0 Å². The van der Waals surface area contributed by atoms with E-state index in [0.29, 0.717) is 60.4 Å². The van der Waals surface area contributed by atoms with E-state index in [0.717, 1.165) is 0 Å². The Bertz CT molecular complexity index is 1140. The van der Waals surface area contributed by atoms with E-state index < -0.39 is 17.7 Å². The van der Waals surface area contributed by atoms with Crippen LogP contribution >= 0.6 is 0 Å². The third kappa shape index (κ3) is 4.26. The number of carbonyl (C=O) groups excluding carboxylic acids is 2. The molecule has 1 N–H and O–H groups in total. The molecule has 9 heteroatoms. The third-order valence-electron chi connectivity index (χ3n) is 5.87. The van der Waals surface area contributed by atoms with Crippen molar-refractivity contribution in [3.63, 3.8) is 0 Å². The summed E-state index contributed by atoms with van der Waals surface area (Å²) in [5.41, 5.74) is 0.989. The van der Waals surface area contributed by atoms with Crippen molar-refractivity contribution in [2.75, 3.05) is 54.6 Å². The van der Waals surface area contributed by atoms with Crippen LogP contribution < -0.4 is 18.9 Å². The number of methoxy groups -OCH3 is 2. The van der Waals surface area contributed by atoms with Gasteiger partial charge < -0.3 is 33.9 Å². The summed E-state index contributed by atoms with van der Waals surface area (Å²) < 4.78 is 21.9. The van der Waals surface area contributed by atoms with Crippen LogP contribution in [0.2, 0.25) is 0 Å². The number of hydrogen-bond acceptors (Lipinski definition) is 8. The monoisotopic (exact) mass is 468 g/mol. The predicted octanol–water partition coefficient (Wildman–Crippen LogP) is 2.46. The first-order valence-electron chi connectivity index (χ1n) is 10.9. The molecule has 2 heterocycles. The molecule has 180 valence electrons. The van der Waals surface area contributed by atoms with Crippen LogP contribution in [-0.2, 0) is 9.59 Å². The van der Waals surface area contributed by atoms with Crippen molar-refractivity contribution >= 4 is 17.4 Å². The normalized spacial score (nSPS) is 19.0. The van der Waals surface area contributed by atoms with Gasteiger partial charge in [-0.3, -0.25) is 9.59 Å². The first kappa shape index (κ1) is 23.4. The summed E-state index contributed by atoms with van der Waals surface area (Å²) >= 11 is 0. The Morgan fingerprint density at radius 2 is 1.74 bits per heavy atom. The van der Waals surface area contributed by atoms with Crippen LogP contribution in [0.5, 0.6) is 23.0 Å². The van der Waals surface area contributed by atoms with Crippen molar-refractivity contribution < 1.29 is 33.6 Å². The Labute approximate surface area is 198 Å². The van der Waals surface area contributed by atoms with E-state index in [2.05, 4.69) is 0 Å². The summed E-state index contributed by atoms with van der Waals surface area (Å²) in [6, 6.07) is 9.33. The summed E-state index contributed by atoms with van der Waals surface area (Å²) in [6.07, 6.45) is 0. The molecule has 1 atom stereocenters. The van der Waals surface area contributed by atoms with Crippen LogP contribution in [0.3, 0.4) is 0 Å². The number of ketones is 1. The van der Waals surface area contributed by atoms with E-state index in [1.165, 1.54) is 19.1 Å². The molecule has 0 bridgehead atoms. The van der Waals surface area contributed by atoms with Gasteiger partial charge in [0, 0.05) is 18.7 Å². The van der Waals surface area contributed by atoms with E-state index in [4.69, 9.17) is 18.9 Å². The fraction of sp³-hybridized carbons (Fsp3) is 0.360.